The van der Waals surface area contributed by atoms with Gasteiger partial charge in [-0.1, -0.05) is 48.5 Å². The van der Waals surface area contributed by atoms with Crippen LogP contribution in [0.15, 0.2) is 77.3 Å². The molecule has 3 aromatic carbocycles. The van der Waals surface area contributed by atoms with Crippen LogP contribution in [-0.2, 0) is 12.8 Å². The standard InChI is InChI=1S/C20H14BrF3O/c21-18-12-16(15-7-4-8-17(11-15)20(22,23)24)9-10-19(18)25-13-14-5-2-1-3-6-14/h1-12H,13H2. The molecular formula is C20H14BrF3O. The van der Waals surface area contributed by atoms with Crippen molar-refractivity contribution in [3.05, 3.63) is 88.4 Å². The third kappa shape index (κ3) is 4.42. The van der Waals surface area contributed by atoms with Crippen molar-refractivity contribution in [2.45, 2.75) is 12.8 Å². The first-order valence-corrected chi connectivity index (χ1v) is 8.37. The Labute approximate surface area is 152 Å². The van der Waals surface area contributed by atoms with Gasteiger partial charge in [-0.25, -0.2) is 0 Å². The Hall–Kier alpha value is -2.27. The fourth-order valence-corrected chi connectivity index (χ4v) is 2.90. The van der Waals surface area contributed by atoms with Crippen LogP contribution >= 0.6 is 15.9 Å². The second-order valence-corrected chi connectivity index (χ2v) is 6.35. The van der Waals surface area contributed by atoms with Crippen LogP contribution in [0.5, 0.6) is 5.75 Å². The van der Waals surface area contributed by atoms with E-state index in [0.29, 0.717) is 28.0 Å². The summed E-state index contributed by atoms with van der Waals surface area (Å²) in [6.45, 7) is 0.419. The number of hydrogen-bond donors (Lipinski definition) is 0. The average molecular weight is 407 g/mol. The quantitative estimate of drug-likeness (QED) is 0.467. The summed E-state index contributed by atoms with van der Waals surface area (Å²) in [5.41, 5.74) is 1.57. The molecule has 0 saturated heterocycles. The Bertz CT molecular complexity index is 860. The van der Waals surface area contributed by atoms with Crippen LogP contribution in [-0.4, -0.2) is 0 Å². The minimum absolute atomic E-state index is 0.419. The van der Waals surface area contributed by atoms with Gasteiger partial charge in [0.25, 0.3) is 0 Å². The van der Waals surface area contributed by atoms with Crippen molar-refractivity contribution in [1.82, 2.24) is 0 Å². The average Bonchev–Trinajstić information content (AvgIpc) is 2.61. The fourth-order valence-electron chi connectivity index (χ4n) is 2.41. The summed E-state index contributed by atoms with van der Waals surface area (Å²) in [7, 11) is 0. The molecular weight excluding hydrogens is 393 g/mol. The SMILES string of the molecule is FC(F)(F)c1cccc(-c2ccc(OCc3ccccc3)c(Br)c2)c1. The molecule has 0 aliphatic carbocycles. The van der Waals surface area contributed by atoms with E-state index < -0.39 is 11.7 Å². The third-order valence-corrected chi connectivity index (χ3v) is 4.31. The van der Waals surface area contributed by atoms with E-state index in [1.807, 2.05) is 30.3 Å². The van der Waals surface area contributed by atoms with Gasteiger partial charge in [-0.05, 0) is 56.9 Å². The largest absolute Gasteiger partial charge is 0.488 e. The van der Waals surface area contributed by atoms with Gasteiger partial charge in [0.05, 0.1) is 10.0 Å². The molecule has 0 N–H and O–H groups in total. The van der Waals surface area contributed by atoms with Gasteiger partial charge in [-0.2, -0.15) is 13.2 Å². The van der Waals surface area contributed by atoms with Crippen molar-refractivity contribution < 1.29 is 17.9 Å². The Morgan fingerprint density at radius 3 is 2.20 bits per heavy atom. The molecule has 0 aromatic heterocycles. The van der Waals surface area contributed by atoms with Crippen LogP contribution in [0.25, 0.3) is 11.1 Å². The van der Waals surface area contributed by atoms with Gasteiger partial charge in [-0.3, -0.25) is 0 Å². The van der Waals surface area contributed by atoms with Crippen LogP contribution in [0, 0.1) is 0 Å². The van der Waals surface area contributed by atoms with E-state index in [1.54, 1.807) is 24.3 Å². The fraction of sp³-hybridized carbons (Fsp3) is 0.100. The lowest BCUT2D eigenvalue weighted by Gasteiger charge is -2.12. The minimum atomic E-state index is -4.36. The maximum atomic E-state index is 12.9. The second kappa shape index (κ2) is 7.31. The van der Waals surface area contributed by atoms with E-state index in [9.17, 15) is 13.2 Å². The predicted molar refractivity (Wildman–Crippen MR) is 95.4 cm³/mol. The Balaban J connectivity index is 1.80. The molecule has 0 saturated carbocycles. The van der Waals surface area contributed by atoms with E-state index in [0.717, 1.165) is 17.7 Å². The Morgan fingerprint density at radius 1 is 0.800 bits per heavy atom. The maximum Gasteiger partial charge on any atom is 0.416 e. The zero-order chi connectivity index (χ0) is 17.9. The van der Waals surface area contributed by atoms with Crippen LogP contribution in [0.4, 0.5) is 13.2 Å². The van der Waals surface area contributed by atoms with Crippen molar-refractivity contribution in [2.75, 3.05) is 0 Å². The third-order valence-electron chi connectivity index (χ3n) is 3.69. The van der Waals surface area contributed by atoms with Gasteiger partial charge in [0.2, 0.25) is 0 Å². The van der Waals surface area contributed by atoms with Crippen LogP contribution < -0.4 is 4.74 Å². The van der Waals surface area contributed by atoms with Crippen molar-refractivity contribution in [2.24, 2.45) is 0 Å². The van der Waals surface area contributed by atoms with Gasteiger partial charge in [0.1, 0.15) is 12.4 Å². The molecule has 0 radical (unpaired) electrons. The molecule has 1 nitrogen and oxygen atoms in total. The van der Waals surface area contributed by atoms with Crippen LogP contribution in [0.3, 0.4) is 0 Å². The lowest BCUT2D eigenvalue weighted by Crippen LogP contribution is -2.04. The van der Waals surface area contributed by atoms with Gasteiger partial charge in [0.15, 0.2) is 0 Å². The van der Waals surface area contributed by atoms with Crippen molar-refractivity contribution in [3.8, 4) is 16.9 Å². The normalized spacial score (nSPS) is 11.4. The van der Waals surface area contributed by atoms with Crippen LogP contribution in [0.2, 0.25) is 0 Å². The number of halogens is 4. The Morgan fingerprint density at radius 2 is 1.52 bits per heavy atom. The molecule has 0 fully saturated rings. The number of alkyl halides is 3. The highest BCUT2D eigenvalue weighted by Gasteiger charge is 2.30. The lowest BCUT2D eigenvalue weighted by molar-refractivity contribution is -0.137. The molecule has 25 heavy (non-hydrogen) atoms. The molecule has 3 rings (SSSR count). The molecule has 0 bridgehead atoms. The molecule has 128 valence electrons. The summed E-state index contributed by atoms with van der Waals surface area (Å²) in [5.74, 6) is 0.638. The van der Waals surface area contributed by atoms with E-state index >= 15 is 0 Å². The van der Waals surface area contributed by atoms with Gasteiger partial charge in [0, 0.05) is 0 Å². The summed E-state index contributed by atoms with van der Waals surface area (Å²) in [6.07, 6.45) is -4.36. The number of ether oxygens (including phenoxy) is 1. The summed E-state index contributed by atoms with van der Waals surface area (Å²) in [4.78, 5) is 0. The topological polar surface area (TPSA) is 9.23 Å². The van der Waals surface area contributed by atoms with Gasteiger partial charge >= 0.3 is 6.18 Å². The number of rotatable bonds is 4. The lowest BCUT2D eigenvalue weighted by atomic mass is 10.0. The number of hydrogen-bond acceptors (Lipinski definition) is 1. The predicted octanol–water partition coefficient (Wildman–Crippen LogP) is 6.71. The molecule has 5 heteroatoms. The summed E-state index contributed by atoms with van der Waals surface area (Å²) in [6, 6.07) is 20.3. The molecule has 0 amide bonds. The van der Waals surface area contributed by atoms with Crippen molar-refractivity contribution in [3.63, 3.8) is 0 Å². The molecule has 0 aliphatic heterocycles. The molecule has 0 spiro atoms. The second-order valence-electron chi connectivity index (χ2n) is 5.50. The first kappa shape index (κ1) is 17.5. The van der Waals surface area contributed by atoms with E-state index in [4.69, 9.17) is 4.74 Å². The minimum Gasteiger partial charge on any atom is -0.488 e. The first-order chi connectivity index (χ1) is 11.9. The number of benzene rings is 3. The smallest absolute Gasteiger partial charge is 0.416 e. The van der Waals surface area contributed by atoms with E-state index in [2.05, 4.69) is 15.9 Å². The zero-order valence-electron chi connectivity index (χ0n) is 13.1. The summed E-state index contributed by atoms with van der Waals surface area (Å²) < 4.78 is 45.0. The van der Waals surface area contributed by atoms with Crippen molar-refractivity contribution in [1.29, 1.82) is 0 Å². The molecule has 0 heterocycles. The first-order valence-electron chi connectivity index (χ1n) is 7.57. The monoisotopic (exact) mass is 406 g/mol. The highest BCUT2D eigenvalue weighted by molar-refractivity contribution is 9.10. The van der Waals surface area contributed by atoms with Gasteiger partial charge in [-0.15, -0.1) is 0 Å². The summed E-state index contributed by atoms with van der Waals surface area (Å²) in [5, 5.41) is 0. The van der Waals surface area contributed by atoms with E-state index in [1.165, 1.54) is 6.07 Å². The highest BCUT2D eigenvalue weighted by atomic mass is 79.9. The van der Waals surface area contributed by atoms with Crippen LogP contribution in [0.1, 0.15) is 11.1 Å². The zero-order valence-corrected chi connectivity index (χ0v) is 14.6. The maximum absolute atomic E-state index is 12.9. The highest BCUT2D eigenvalue weighted by Crippen LogP contribution is 2.35. The summed E-state index contributed by atoms with van der Waals surface area (Å²) >= 11 is 3.43. The van der Waals surface area contributed by atoms with Crippen molar-refractivity contribution >= 4 is 15.9 Å². The molecule has 0 atom stereocenters. The van der Waals surface area contributed by atoms with Gasteiger partial charge < -0.3 is 4.74 Å². The molecule has 0 unspecified atom stereocenters. The molecule has 0 aliphatic rings. The molecule has 3 aromatic rings. The Kier molecular flexibility index (Phi) is 5.13. The van der Waals surface area contributed by atoms with E-state index in [-0.39, 0.29) is 0 Å².